The fraction of sp³-hybridized carbons (Fsp3) is 0.533. The number of piperazine rings is 1. The first kappa shape index (κ1) is 15.1. The van der Waals surface area contributed by atoms with Crippen molar-refractivity contribution in [1.82, 2.24) is 4.90 Å². The zero-order valence-corrected chi connectivity index (χ0v) is 13.4. The van der Waals surface area contributed by atoms with Gasteiger partial charge in [-0.3, -0.25) is 4.79 Å². The zero-order chi connectivity index (χ0) is 15.7. The van der Waals surface area contributed by atoms with Crippen LogP contribution >= 0.6 is 0 Å². The molecule has 0 bridgehead atoms. The Morgan fingerprint density at radius 3 is 2.18 bits per heavy atom. The third kappa shape index (κ3) is 3.35. The molecule has 120 valence electrons. The molecule has 0 unspecified atom stereocenters. The van der Waals surface area contributed by atoms with Gasteiger partial charge in [-0.2, -0.15) is 8.42 Å². The van der Waals surface area contributed by atoms with Crippen LogP contribution in [0.15, 0.2) is 24.3 Å². The summed E-state index contributed by atoms with van der Waals surface area (Å²) in [6.45, 7) is 4.57. The Balaban J connectivity index is 1.61. The fourth-order valence-corrected chi connectivity index (χ4v) is 3.78. The lowest BCUT2D eigenvalue weighted by Gasteiger charge is -2.35. The van der Waals surface area contributed by atoms with Crippen LogP contribution in [0.3, 0.4) is 0 Å². The summed E-state index contributed by atoms with van der Waals surface area (Å²) in [6.07, 6.45) is 1.39. The summed E-state index contributed by atoms with van der Waals surface area (Å²) < 4.78 is 28.7. The third-order valence-electron chi connectivity index (χ3n) is 4.07. The largest absolute Gasteiger partial charge is 0.382 e. The first-order chi connectivity index (χ1) is 10.5. The average molecular weight is 324 g/mol. The number of hydrogen-bond acceptors (Lipinski definition) is 5. The molecule has 1 saturated heterocycles. The second-order valence-corrected chi connectivity index (χ2v) is 7.58. The minimum absolute atomic E-state index is 0.105. The van der Waals surface area contributed by atoms with E-state index in [1.807, 2.05) is 17.0 Å². The number of carbonyl (C=O) groups excluding carboxylic acids is 1. The molecule has 22 heavy (non-hydrogen) atoms. The first-order valence-electron chi connectivity index (χ1n) is 7.49. The highest BCUT2D eigenvalue weighted by atomic mass is 32.2. The molecule has 1 heterocycles. The van der Waals surface area contributed by atoms with E-state index in [0.29, 0.717) is 31.7 Å². The Kier molecular flexibility index (Phi) is 3.99. The Bertz CT molecular complexity index is 645. The smallest absolute Gasteiger partial charge is 0.312 e. The standard InChI is InChI=1S/C15H20N2O4S/c1-12(18)16-8-10-17(11-9-16)13-2-4-14(5-3-13)21-22(19,20)15-6-7-15/h2-5,15H,6-11H2,1H3. The van der Waals surface area contributed by atoms with E-state index in [2.05, 4.69) is 4.90 Å². The molecule has 0 atom stereocenters. The molecule has 0 spiro atoms. The molecule has 1 saturated carbocycles. The highest BCUT2D eigenvalue weighted by Gasteiger charge is 2.37. The van der Waals surface area contributed by atoms with Crippen molar-refractivity contribution in [3.63, 3.8) is 0 Å². The van der Waals surface area contributed by atoms with Crippen LogP contribution in [0.2, 0.25) is 0 Å². The summed E-state index contributed by atoms with van der Waals surface area (Å²) in [5.74, 6) is 0.465. The molecule has 2 fully saturated rings. The van der Waals surface area contributed by atoms with Crippen molar-refractivity contribution in [1.29, 1.82) is 0 Å². The summed E-state index contributed by atoms with van der Waals surface area (Å²) in [5.41, 5.74) is 1.01. The van der Waals surface area contributed by atoms with E-state index in [1.54, 1.807) is 19.1 Å². The molecule has 0 N–H and O–H groups in total. The average Bonchev–Trinajstić information content (AvgIpc) is 3.33. The van der Waals surface area contributed by atoms with Crippen LogP contribution in [0.25, 0.3) is 0 Å². The van der Waals surface area contributed by atoms with Gasteiger partial charge in [-0.25, -0.2) is 0 Å². The van der Waals surface area contributed by atoms with Gasteiger partial charge < -0.3 is 14.0 Å². The Labute approximate surface area is 130 Å². The lowest BCUT2D eigenvalue weighted by atomic mass is 10.2. The van der Waals surface area contributed by atoms with Crippen molar-refractivity contribution in [2.75, 3.05) is 31.1 Å². The van der Waals surface area contributed by atoms with Gasteiger partial charge in [0, 0.05) is 38.8 Å². The Morgan fingerprint density at radius 2 is 1.68 bits per heavy atom. The molecule has 2 aliphatic rings. The van der Waals surface area contributed by atoms with Crippen LogP contribution in [-0.2, 0) is 14.9 Å². The van der Waals surface area contributed by atoms with Crippen molar-refractivity contribution in [2.24, 2.45) is 0 Å². The van der Waals surface area contributed by atoms with Crippen LogP contribution in [-0.4, -0.2) is 50.7 Å². The number of anilines is 1. The van der Waals surface area contributed by atoms with Crippen molar-refractivity contribution in [3.8, 4) is 5.75 Å². The fourth-order valence-electron chi connectivity index (χ4n) is 2.55. The van der Waals surface area contributed by atoms with Gasteiger partial charge in [0.05, 0.1) is 5.25 Å². The van der Waals surface area contributed by atoms with Gasteiger partial charge in [0.1, 0.15) is 5.75 Å². The van der Waals surface area contributed by atoms with E-state index < -0.39 is 10.1 Å². The van der Waals surface area contributed by atoms with E-state index >= 15 is 0 Å². The summed E-state index contributed by atoms with van der Waals surface area (Å²) in [4.78, 5) is 15.3. The van der Waals surface area contributed by atoms with Gasteiger partial charge in [-0.1, -0.05) is 0 Å². The lowest BCUT2D eigenvalue weighted by molar-refractivity contribution is -0.129. The van der Waals surface area contributed by atoms with E-state index in [1.165, 1.54) is 0 Å². The predicted molar refractivity (Wildman–Crippen MR) is 83.5 cm³/mol. The number of amides is 1. The molecular weight excluding hydrogens is 304 g/mol. The number of benzene rings is 1. The number of carbonyl (C=O) groups is 1. The molecule has 1 aromatic rings. The highest BCUT2D eigenvalue weighted by molar-refractivity contribution is 7.88. The van der Waals surface area contributed by atoms with Crippen LogP contribution < -0.4 is 9.08 Å². The van der Waals surface area contributed by atoms with Crippen molar-refractivity contribution < 1.29 is 17.4 Å². The molecular formula is C15H20N2O4S. The van der Waals surface area contributed by atoms with Crippen molar-refractivity contribution >= 4 is 21.7 Å². The minimum atomic E-state index is -3.45. The molecule has 7 heteroatoms. The summed E-state index contributed by atoms with van der Waals surface area (Å²) in [7, 11) is -3.45. The molecule has 3 rings (SSSR count). The van der Waals surface area contributed by atoms with E-state index in [9.17, 15) is 13.2 Å². The van der Waals surface area contributed by atoms with Gasteiger partial charge in [0.2, 0.25) is 5.91 Å². The van der Waals surface area contributed by atoms with Crippen molar-refractivity contribution in [3.05, 3.63) is 24.3 Å². The molecule has 1 aliphatic carbocycles. The predicted octanol–water partition coefficient (Wildman–Crippen LogP) is 1.23. The maximum Gasteiger partial charge on any atom is 0.312 e. The second kappa shape index (κ2) is 5.79. The van der Waals surface area contributed by atoms with E-state index in [0.717, 1.165) is 18.8 Å². The molecule has 1 aromatic carbocycles. The minimum Gasteiger partial charge on any atom is -0.382 e. The quantitative estimate of drug-likeness (QED) is 0.779. The zero-order valence-electron chi connectivity index (χ0n) is 12.6. The maximum absolute atomic E-state index is 11.8. The molecule has 0 aromatic heterocycles. The van der Waals surface area contributed by atoms with Crippen molar-refractivity contribution in [2.45, 2.75) is 25.0 Å². The SMILES string of the molecule is CC(=O)N1CCN(c2ccc(OS(=O)(=O)C3CC3)cc2)CC1. The molecule has 6 nitrogen and oxygen atoms in total. The van der Waals surface area contributed by atoms with Crippen LogP contribution in [0.4, 0.5) is 5.69 Å². The Hall–Kier alpha value is -1.76. The third-order valence-corrected chi connectivity index (χ3v) is 5.78. The van der Waals surface area contributed by atoms with Gasteiger partial charge in [0.15, 0.2) is 0 Å². The van der Waals surface area contributed by atoms with Gasteiger partial charge in [0.25, 0.3) is 0 Å². The maximum atomic E-state index is 11.8. The summed E-state index contributed by atoms with van der Waals surface area (Å²) in [6, 6.07) is 7.10. The monoisotopic (exact) mass is 324 g/mol. The topological polar surface area (TPSA) is 66.9 Å². The lowest BCUT2D eigenvalue weighted by Crippen LogP contribution is -2.48. The number of hydrogen-bond donors (Lipinski definition) is 0. The van der Waals surface area contributed by atoms with Gasteiger partial charge in [-0.05, 0) is 37.1 Å². The Morgan fingerprint density at radius 1 is 1.09 bits per heavy atom. The van der Waals surface area contributed by atoms with Crippen LogP contribution in [0.5, 0.6) is 5.75 Å². The summed E-state index contributed by atoms with van der Waals surface area (Å²) >= 11 is 0. The highest BCUT2D eigenvalue weighted by Crippen LogP contribution is 2.31. The normalized spacial score (nSPS) is 19.1. The molecule has 1 aliphatic heterocycles. The van der Waals surface area contributed by atoms with E-state index in [4.69, 9.17) is 4.18 Å². The summed E-state index contributed by atoms with van der Waals surface area (Å²) in [5, 5.41) is -0.327. The van der Waals surface area contributed by atoms with Gasteiger partial charge >= 0.3 is 10.1 Å². The number of rotatable bonds is 4. The van der Waals surface area contributed by atoms with Gasteiger partial charge in [-0.15, -0.1) is 0 Å². The number of nitrogens with zero attached hydrogens (tertiary/aromatic N) is 2. The van der Waals surface area contributed by atoms with E-state index in [-0.39, 0.29) is 11.2 Å². The first-order valence-corrected chi connectivity index (χ1v) is 8.97. The van der Waals surface area contributed by atoms with Crippen LogP contribution in [0, 0.1) is 0 Å². The molecule has 1 amide bonds. The second-order valence-electron chi connectivity index (χ2n) is 5.76. The van der Waals surface area contributed by atoms with Crippen LogP contribution in [0.1, 0.15) is 19.8 Å². The molecule has 0 radical (unpaired) electrons.